The normalized spacial score (nSPS) is 28.0. The third kappa shape index (κ3) is 1.32. The van der Waals surface area contributed by atoms with E-state index in [1.807, 2.05) is 18.2 Å². The average Bonchev–Trinajstić information content (AvgIpc) is 2.89. The van der Waals surface area contributed by atoms with Gasteiger partial charge in [0.1, 0.15) is 11.5 Å². The largest absolute Gasteiger partial charge is 0.507 e. The summed E-state index contributed by atoms with van der Waals surface area (Å²) >= 11 is 3.43. The van der Waals surface area contributed by atoms with E-state index >= 15 is 0 Å². The van der Waals surface area contributed by atoms with Crippen molar-refractivity contribution in [3.63, 3.8) is 0 Å². The second-order valence-corrected chi connectivity index (χ2v) is 7.09. The van der Waals surface area contributed by atoms with Crippen LogP contribution in [0.15, 0.2) is 22.7 Å². The lowest BCUT2D eigenvalue weighted by atomic mass is 9.79. The Morgan fingerprint density at radius 2 is 2.00 bits per heavy atom. The van der Waals surface area contributed by atoms with Gasteiger partial charge in [-0.25, -0.2) is 0 Å². The van der Waals surface area contributed by atoms with Gasteiger partial charge in [-0.1, -0.05) is 22.9 Å². The summed E-state index contributed by atoms with van der Waals surface area (Å²) in [5, 5.41) is 22.8. The summed E-state index contributed by atoms with van der Waals surface area (Å²) < 4.78 is 0.920. The lowest BCUT2D eigenvalue weighted by Crippen LogP contribution is -2.16. The molecule has 0 spiro atoms. The molecule has 0 amide bonds. The van der Waals surface area contributed by atoms with Gasteiger partial charge in [0.25, 0.3) is 0 Å². The van der Waals surface area contributed by atoms with Gasteiger partial charge in [-0.15, -0.1) is 0 Å². The molecule has 2 unspecified atom stereocenters. The fourth-order valence-electron chi connectivity index (χ4n) is 4.17. The van der Waals surface area contributed by atoms with Crippen molar-refractivity contribution in [3.8, 4) is 11.5 Å². The molecule has 0 aliphatic heterocycles. The van der Waals surface area contributed by atoms with Crippen molar-refractivity contribution < 1.29 is 10.2 Å². The summed E-state index contributed by atoms with van der Waals surface area (Å²) in [6, 6.07) is 5.67. The lowest BCUT2D eigenvalue weighted by Gasteiger charge is -2.26. The standard InChI is InChI=1S/C16H15BrO2/c1-16-5-4-8(7-16)12-13(16)15(19)10-3-2-9(17)6-11(10)14(12)18/h2-3,6,8,18-19H,4-5,7H2,1H3. The van der Waals surface area contributed by atoms with E-state index in [9.17, 15) is 10.2 Å². The fraction of sp³-hybridized carbons (Fsp3) is 0.375. The number of hydrogen-bond donors (Lipinski definition) is 2. The van der Waals surface area contributed by atoms with E-state index < -0.39 is 0 Å². The Morgan fingerprint density at radius 1 is 1.21 bits per heavy atom. The molecule has 3 heteroatoms. The van der Waals surface area contributed by atoms with E-state index in [1.54, 1.807) is 0 Å². The number of phenolic OH excluding ortho intramolecular Hbond substituents is 2. The molecule has 2 aromatic carbocycles. The SMILES string of the molecule is CC12CCC(C1)c1c2c(O)c2ccc(Br)cc2c1O. The first-order valence-corrected chi connectivity index (χ1v) is 7.48. The Kier molecular flexibility index (Phi) is 2.11. The number of fused-ring (bicyclic) bond motifs is 6. The second-order valence-electron chi connectivity index (χ2n) is 6.18. The van der Waals surface area contributed by atoms with Gasteiger partial charge in [0.05, 0.1) is 0 Å². The first-order chi connectivity index (χ1) is 9.01. The van der Waals surface area contributed by atoms with Crippen molar-refractivity contribution in [1.29, 1.82) is 0 Å². The van der Waals surface area contributed by atoms with E-state index in [-0.39, 0.29) is 5.41 Å². The Bertz CT molecular complexity index is 722. The van der Waals surface area contributed by atoms with Gasteiger partial charge in [-0.3, -0.25) is 0 Å². The maximum absolute atomic E-state index is 10.6. The average molecular weight is 319 g/mol. The number of phenols is 2. The van der Waals surface area contributed by atoms with Gasteiger partial charge in [-0.2, -0.15) is 0 Å². The molecule has 0 heterocycles. The molecular weight excluding hydrogens is 304 g/mol. The zero-order valence-electron chi connectivity index (χ0n) is 10.7. The van der Waals surface area contributed by atoms with Crippen molar-refractivity contribution in [1.82, 2.24) is 0 Å². The third-order valence-electron chi connectivity index (χ3n) is 5.01. The Balaban J connectivity index is 2.18. The quantitative estimate of drug-likeness (QED) is 0.699. The summed E-state index contributed by atoms with van der Waals surface area (Å²) in [6.07, 6.45) is 3.29. The van der Waals surface area contributed by atoms with Crippen LogP contribution in [0.4, 0.5) is 0 Å². The lowest BCUT2D eigenvalue weighted by molar-refractivity contribution is 0.427. The highest BCUT2D eigenvalue weighted by molar-refractivity contribution is 9.10. The van der Waals surface area contributed by atoms with Gasteiger partial charge in [0.2, 0.25) is 0 Å². The van der Waals surface area contributed by atoms with E-state index in [1.165, 1.54) is 0 Å². The first kappa shape index (κ1) is 11.6. The minimum atomic E-state index is 0.0445. The summed E-state index contributed by atoms with van der Waals surface area (Å²) in [5.74, 6) is 1.16. The molecule has 2 aliphatic carbocycles. The van der Waals surface area contributed by atoms with Crippen LogP contribution in [0.1, 0.15) is 43.2 Å². The van der Waals surface area contributed by atoms with Gasteiger partial charge in [0.15, 0.2) is 0 Å². The predicted molar refractivity (Wildman–Crippen MR) is 78.9 cm³/mol. The van der Waals surface area contributed by atoms with Gasteiger partial charge in [0, 0.05) is 26.4 Å². The minimum absolute atomic E-state index is 0.0445. The molecule has 2 nitrogen and oxygen atoms in total. The van der Waals surface area contributed by atoms with Crippen LogP contribution < -0.4 is 0 Å². The zero-order chi connectivity index (χ0) is 13.4. The Morgan fingerprint density at radius 3 is 2.79 bits per heavy atom. The van der Waals surface area contributed by atoms with Gasteiger partial charge in [-0.05, 0) is 48.8 Å². The van der Waals surface area contributed by atoms with E-state index in [2.05, 4.69) is 22.9 Å². The molecule has 2 atom stereocenters. The van der Waals surface area contributed by atoms with Crippen LogP contribution in [0, 0.1) is 0 Å². The van der Waals surface area contributed by atoms with Crippen LogP contribution in [-0.4, -0.2) is 10.2 Å². The van der Waals surface area contributed by atoms with E-state index in [0.29, 0.717) is 17.4 Å². The number of rotatable bonds is 0. The summed E-state index contributed by atoms with van der Waals surface area (Å²) in [4.78, 5) is 0. The molecule has 98 valence electrons. The molecular formula is C16H15BrO2. The summed E-state index contributed by atoms with van der Waals surface area (Å²) in [5.41, 5.74) is 2.04. The smallest absolute Gasteiger partial charge is 0.127 e. The van der Waals surface area contributed by atoms with Crippen LogP contribution in [-0.2, 0) is 5.41 Å². The molecule has 4 rings (SSSR count). The van der Waals surface area contributed by atoms with E-state index in [0.717, 1.165) is 45.6 Å². The van der Waals surface area contributed by atoms with Crippen molar-refractivity contribution in [2.75, 3.05) is 0 Å². The first-order valence-electron chi connectivity index (χ1n) is 6.69. The van der Waals surface area contributed by atoms with E-state index in [4.69, 9.17) is 0 Å². The van der Waals surface area contributed by atoms with Crippen molar-refractivity contribution in [2.45, 2.75) is 37.5 Å². The number of hydrogen-bond acceptors (Lipinski definition) is 2. The number of aromatic hydroxyl groups is 2. The van der Waals surface area contributed by atoms with Crippen LogP contribution in [0.3, 0.4) is 0 Å². The monoisotopic (exact) mass is 318 g/mol. The Labute approximate surface area is 120 Å². The van der Waals surface area contributed by atoms with Crippen molar-refractivity contribution in [3.05, 3.63) is 33.8 Å². The second kappa shape index (κ2) is 3.45. The van der Waals surface area contributed by atoms with Crippen molar-refractivity contribution in [2.24, 2.45) is 0 Å². The fourth-order valence-corrected chi connectivity index (χ4v) is 4.53. The van der Waals surface area contributed by atoms with Crippen LogP contribution in [0.2, 0.25) is 0 Å². The molecule has 2 aromatic rings. The van der Waals surface area contributed by atoms with Gasteiger partial charge >= 0.3 is 0 Å². The third-order valence-corrected chi connectivity index (χ3v) is 5.50. The number of benzene rings is 2. The molecule has 19 heavy (non-hydrogen) atoms. The molecule has 0 aromatic heterocycles. The molecule has 2 N–H and O–H groups in total. The summed E-state index contributed by atoms with van der Waals surface area (Å²) in [7, 11) is 0. The van der Waals surface area contributed by atoms with Crippen molar-refractivity contribution >= 4 is 26.7 Å². The molecule has 0 radical (unpaired) electrons. The van der Waals surface area contributed by atoms with Crippen LogP contribution in [0.25, 0.3) is 10.8 Å². The Hall–Kier alpha value is -1.22. The van der Waals surface area contributed by atoms with Crippen LogP contribution in [0.5, 0.6) is 11.5 Å². The molecule has 0 saturated heterocycles. The van der Waals surface area contributed by atoms with Gasteiger partial charge < -0.3 is 10.2 Å². The molecule has 1 fully saturated rings. The van der Waals surface area contributed by atoms with Crippen LogP contribution >= 0.6 is 15.9 Å². The molecule has 2 bridgehead atoms. The molecule has 1 saturated carbocycles. The highest BCUT2D eigenvalue weighted by Gasteiger charge is 2.49. The highest BCUT2D eigenvalue weighted by Crippen LogP contribution is 2.63. The topological polar surface area (TPSA) is 40.5 Å². The maximum Gasteiger partial charge on any atom is 0.127 e. The zero-order valence-corrected chi connectivity index (χ0v) is 12.3. The minimum Gasteiger partial charge on any atom is -0.507 e. The molecule has 2 aliphatic rings. The predicted octanol–water partition coefficient (Wildman–Crippen LogP) is 4.55. The highest BCUT2D eigenvalue weighted by atomic mass is 79.9. The number of halogens is 1. The summed E-state index contributed by atoms with van der Waals surface area (Å²) in [6.45, 7) is 2.21. The maximum atomic E-state index is 10.6.